The minimum absolute atomic E-state index is 0.416. The highest BCUT2D eigenvalue weighted by Crippen LogP contribution is 2.24. The van der Waals surface area contributed by atoms with E-state index in [-0.39, 0.29) is 0 Å². The number of nitrogens with zero attached hydrogens (tertiary/aromatic N) is 4. The van der Waals surface area contributed by atoms with Crippen molar-refractivity contribution < 1.29 is 13.2 Å². The fraction of sp³-hybridized carbons (Fsp3) is 0.524. The van der Waals surface area contributed by atoms with Crippen molar-refractivity contribution in [2.45, 2.75) is 32.7 Å². The number of rotatable bonds is 8. The van der Waals surface area contributed by atoms with E-state index < -0.39 is 10.2 Å². The van der Waals surface area contributed by atoms with Crippen molar-refractivity contribution >= 4 is 16.0 Å². The minimum Gasteiger partial charge on any atom is -0.497 e. The molecule has 0 unspecified atom stereocenters. The number of methoxy groups -OCH3 is 1. The zero-order valence-electron chi connectivity index (χ0n) is 18.1. The molecule has 0 spiro atoms. The van der Waals surface area contributed by atoms with Gasteiger partial charge in [0.05, 0.1) is 7.11 Å². The van der Waals surface area contributed by atoms with E-state index in [0.29, 0.717) is 25.6 Å². The van der Waals surface area contributed by atoms with E-state index in [1.54, 1.807) is 25.5 Å². The molecule has 1 aliphatic rings. The number of piperidine rings is 1. The van der Waals surface area contributed by atoms with E-state index in [2.05, 4.69) is 15.3 Å². The highest BCUT2D eigenvalue weighted by Gasteiger charge is 2.29. The summed E-state index contributed by atoms with van der Waals surface area (Å²) in [5.41, 5.74) is 2.10. The first-order valence-corrected chi connectivity index (χ1v) is 11.6. The number of hydrogen-bond acceptors (Lipinski definition) is 6. The summed E-state index contributed by atoms with van der Waals surface area (Å²) < 4.78 is 32.7. The van der Waals surface area contributed by atoms with Crippen LogP contribution in [0.3, 0.4) is 0 Å². The van der Waals surface area contributed by atoms with Crippen molar-refractivity contribution in [1.82, 2.24) is 18.6 Å². The first kappa shape index (κ1) is 22.5. The second-order valence-corrected chi connectivity index (χ2v) is 9.98. The van der Waals surface area contributed by atoms with Crippen LogP contribution < -0.4 is 10.1 Å². The average molecular weight is 434 g/mol. The van der Waals surface area contributed by atoms with Gasteiger partial charge in [0.25, 0.3) is 10.2 Å². The van der Waals surface area contributed by atoms with Crippen molar-refractivity contribution in [3.63, 3.8) is 0 Å². The van der Waals surface area contributed by atoms with Gasteiger partial charge in [-0.1, -0.05) is 12.1 Å². The Hall–Kier alpha value is -2.23. The van der Waals surface area contributed by atoms with Crippen molar-refractivity contribution in [3.8, 4) is 5.75 Å². The van der Waals surface area contributed by atoms with Gasteiger partial charge in [-0.2, -0.15) is 17.0 Å². The number of aryl methyl sites for hydroxylation is 1. The Bertz CT molecular complexity index is 957. The smallest absolute Gasteiger partial charge is 0.281 e. The van der Waals surface area contributed by atoms with Crippen LogP contribution in [0, 0.1) is 12.8 Å². The predicted octanol–water partition coefficient (Wildman–Crippen LogP) is 2.47. The van der Waals surface area contributed by atoms with Crippen LogP contribution in [0.2, 0.25) is 0 Å². The average Bonchev–Trinajstić information content (AvgIpc) is 2.72. The number of anilines is 1. The second-order valence-electron chi connectivity index (χ2n) is 7.83. The summed E-state index contributed by atoms with van der Waals surface area (Å²) in [6.07, 6.45) is 2.50. The van der Waals surface area contributed by atoms with Gasteiger partial charge in [-0.05, 0) is 49.8 Å². The molecule has 1 aromatic carbocycles. The van der Waals surface area contributed by atoms with E-state index in [0.717, 1.165) is 47.9 Å². The van der Waals surface area contributed by atoms with Crippen molar-refractivity contribution in [3.05, 3.63) is 47.4 Å². The first-order chi connectivity index (χ1) is 14.3. The Morgan fingerprint density at radius 1 is 1.20 bits per heavy atom. The lowest BCUT2D eigenvalue weighted by atomic mass is 9.93. The molecule has 0 atom stereocenters. The molecule has 0 radical (unpaired) electrons. The van der Waals surface area contributed by atoms with Crippen LogP contribution in [0.5, 0.6) is 5.75 Å². The van der Waals surface area contributed by atoms with Crippen LogP contribution in [0.4, 0.5) is 5.82 Å². The Balaban J connectivity index is 1.59. The summed E-state index contributed by atoms with van der Waals surface area (Å²) in [7, 11) is 1.48. The zero-order chi connectivity index (χ0) is 21.7. The maximum atomic E-state index is 12.3. The van der Waals surface area contributed by atoms with Crippen LogP contribution in [-0.2, 0) is 23.2 Å². The van der Waals surface area contributed by atoms with Gasteiger partial charge in [0.1, 0.15) is 17.4 Å². The molecule has 9 heteroatoms. The second kappa shape index (κ2) is 9.72. The van der Waals surface area contributed by atoms with Gasteiger partial charge in [-0.25, -0.2) is 9.97 Å². The van der Waals surface area contributed by atoms with E-state index in [1.807, 2.05) is 37.3 Å². The molecule has 1 N–H and O–H groups in total. The molecule has 0 amide bonds. The normalized spacial score (nSPS) is 16.0. The summed E-state index contributed by atoms with van der Waals surface area (Å²) in [4.78, 5) is 9.10. The van der Waals surface area contributed by atoms with Gasteiger partial charge in [0, 0.05) is 45.5 Å². The van der Waals surface area contributed by atoms with Crippen LogP contribution in [-0.4, -0.2) is 61.3 Å². The maximum Gasteiger partial charge on any atom is 0.281 e. The summed E-state index contributed by atoms with van der Waals surface area (Å²) >= 11 is 0. The molecular formula is C21H31N5O3S. The van der Waals surface area contributed by atoms with E-state index in [4.69, 9.17) is 4.74 Å². The van der Waals surface area contributed by atoms with E-state index in [1.165, 1.54) is 4.31 Å². The van der Waals surface area contributed by atoms with Gasteiger partial charge >= 0.3 is 0 Å². The molecule has 30 heavy (non-hydrogen) atoms. The van der Waals surface area contributed by atoms with Crippen LogP contribution in [0.15, 0.2) is 30.3 Å². The third kappa shape index (κ3) is 5.68. The number of ether oxygens (including phenoxy) is 1. The lowest BCUT2D eigenvalue weighted by Crippen LogP contribution is -2.44. The summed E-state index contributed by atoms with van der Waals surface area (Å²) in [6, 6.07) is 9.93. The molecule has 3 rings (SSSR count). The van der Waals surface area contributed by atoms with Gasteiger partial charge < -0.3 is 10.1 Å². The lowest BCUT2D eigenvalue weighted by Gasteiger charge is -2.32. The Kier molecular flexibility index (Phi) is 7.27. The fourth-order valence-corrected chi connectivity index (χ4v) is 4.80. The molecule has 2 aromatic rings. The molecule has 1 aliphatic heterocycles. The molecule has 1 aromatic heterocycles. The van der Waals surface area contributed by atoms with E-state index in [9.17, 15) is 8.42 Å². The van der Waals surface area contributed by atoms with Crippen LogP contribution >= 0.6 is 0 Å². The van der Waals surface area contributed by atoms with Gasteiger partial charge in [-0.15, -0.1) is 0 Å². The summed E-state index contributed by atoms with van der Waals surface area (Å²) in [5.74, 6) is 2.77. The van der Waals surface area contributed by atoms with Crippen LogP contribution in [0.1, 0.15) is 29.9 Å². The molecule has 1 saturated heterocycles. The standard InChI is InChI=1S/C21H31N5O3S/c1-16-23-19(12-17-8-10-26(11-9-17)30(27,28)25(2)3)14-21(24-16)22-15-18-6-5-7-20(13-18)29-4/h5-7,13-14,17H,8-12,15H2,1-4H3,(H,22,23,24). The first-order valence-electron chi connectivity index (χ1n) is 10.2. The SMILES string of the molecule is COc1cccc(CNc2cc(CC3CCN(S(=O)(=O)N(C)C)CC3)nc(C)n2)c1. The third-order valence-corrected chi connectivity index (χ3v) is 7.30. The lowest BCUT2D eigenvalue weighted by molar-refractivity contribution is 0.261. The maximum absolute atomic E-state index is 12.3. The highest BCUT2D eigenvalue weighted by atomic mass is 32.2. The predicted molar refractivity (Wildman–Crippen MR) is 118 cm³/mol. The topological polar surface area (TPSA) is 87.7 Å². The van der Waals surface area contributed by atoms with Crippen molar-refractivity contribution in [2.24, 2.45) is 5.92 Å². The number of hydrogen-bond donors (Lipinski definition) is 1. The molecule has 1 fully saturated rings. The van der Waals surface area contributed by atoms with Gasteiger partial charge in [0.2, 0.25) is 0 Å². The fourth-order valence-electron chi connectivity index (χ4n) is 3.67. The molecule has 8 nitrogen and oxygen atoms in total. The molecule has 0 saturated carbocycles. The Labute approximate surface area is 179 Å². The zero-order valence-corrected chi connectivity index (χ0v) is 18.9. The Morgan fingerprint density at radius 3 is 2.60 bits per heavy atom. The molecule has 0 aliphatic carbocycles. The minimum atomic E-state index is -3.33. The largest absolute Gasteiger partial charge is 0.497 e. The monoisotopic (exact) mass is 433 g/mol. The number of benzene rings is 1. The summed E-state index contributed by atoms with van der Waals surface area (Å²) in [5, 5.41) is 3.37. The molecule has 2 heterocycles. The highest BCUT2D eigenvalue weighted by molar-refractivity contribution is 7.86. The van der Waals surface area contributed by atoms with Gasteiger partial charge in [0.15, 0.2) is 0 Å². The third-order valence-electron chi connectivity index (χ3n) is 5.36. The quantitative estimate of drug-likeness (QED) is 0.688. The molecule has 164 valence electrons. The Morgan fingerprint density at radius 2 is 1.93 bits per heavy atom. The molecule has 0 bridgehead atoms. The number of nitrogens with one attached hydrogen (secondary N) is 1. The van der Waals surface area contributed by atoms with Gasteiger partial charge in [-0.3, -0.25) is 0 Å². The van der Waals surface area contributed by atoms with E-state index >= 15 is 0 Å². The van der Waals surface area contributed by atoms with Crippen molar-refractivity contribution in [2.75, 3.05) is 39.6 Å². The number of aromatic nitrogens is 2. The molecular weight excluding hydrogens is 402 g/mol. The van der Waals surface area contributed by atoms with Crippen LogP contribution in [0.25, 0.3) is 0 Å². The van der Waals surface area contributed by atoms with Crippen molar-refractivity contribution in [1.29, 1.82) is 0 Å². The summed E-state index contributed by atoms with van der Waals surface area (Å²) in [6.45, 7) is 3.65.